The number of rotatable bonds is 6. The Hall–Kier alpha value is -2.04. The molecule has 1 saturated carbocycles. The van der Waals surface area contributed by atoms with Crippen molar-refractivity contribution in [2.24, 2.45) is 5.92 Å². The summed E-state index contributed by atoms with van der Waals surface area (Å²) < 4.78 is 2.75. The van der Waals surface area contributed by atoms with Crippen LogP contribution in [0.4, 0.5) is 10.8 Å². The predicted octanol–water partition coefficient (Wildman–Crippen LogP) is 4.66. The molecular weight excluding hydrogens is 364 g/mol. The summed E-state index contributed by atoms with van der Waals surface area (Å²) in [5, 5.41) is 9.88. The Balaban J connectivity index is 1.93. The molecule has 1 aliphatic carbocycles. The number of benzene rings is 1. The Labute approximate surface area is 162 Å². The molecular formula is C19H22N4OS2. The molecule has 5 nitrogen and oxygen atoms in total. The van der Waals surface area contributed by atoms with Crippen molar-refractivity contribution in [3.8, 4) is 6.07 Å². The van der Waals surface area contributed by atoms with Crippen LogP contribution in [-0.4, -0.2) is 23.7 Å². The Morgan fingerprint density at radius 2 is 2.08 bits per heavy atom. The lowest BCUT2D eigenvalue weighted by Gasteiger charge is -2.25. The number of nitrogens with zero attached hydrogens (tertiary/aromatic N) is 3. The van der Waals surface area contributed by atoms with E-state index in [1.807, 2.05) is 37.4 Å². The van der Waals surface area contributed by atoms with Crippen molar-refractivity contribution >= 4 is 40.0 Å². The van der Waals surface area contributed by atoms with Gasteiger partial charge >= 0.3 is 0 Å². The van der Waals surface area contributed by atoms with Crippen LogP contribution in [0.2, 0.25) is 0 Å². The van der Waals surface area contributed by atoms with E-state index in [1.165, 1.54) is 37.6 Å². The van der Waals surface area contributed by atoms with Crippen LogP contribution in [0.5, 0.6) is 0 Å². The molecule has 0 spiro atoms. The maximum absolute atomic E-state index is 12.2. The molecule has 1 fully saturated rings. The minimum Gasteiger partial charge on any atom is -0.318 e. The number of nitriles is 1. The summed E-state index contributed by atoms with van der Waals surface area (Å²) in [6, 6.07) is 9.75. The topological polar surface area (TPSA) is 69.0 Å². The molecule has 1 amide bonds. The van der Waals surface area contributed by atoms with Crippen LogP contribution in [-0.2, 0) is 0 Å². The normalized spacial score (nSPS) is 14.2. The molecule has 1 heterocycles. The molecule has 2 aromatic rings. The van der Waals surface area contributed by atoms with E-state index in [4.69, 9.17) is 5.26 Å². The molecule has 0 aliphatic heterocycles. The lowest BCUT2D eigenvalue weighted by molar-refractivity contribution is 0.0980. The summed E-state index contributed by atoms with van der Waals surface area (Å²) in [6.45, 7) is 2.82. The SMILES string of the molecule is CSNC(=O)c1nc(N(CC2CCCC2)c2ccc(C#N)cc2)sc1C. The van der Waals surface area contributed by atoms with Crippen molar-refractivity contribution in [1.29, 1.82) is 5.26 Å². The molecule has 0 bridgehead atoms. The maximum Gasteiger partial charge on any atom is 0.280 e. The third-order valence-electron chi connectivity index (χ3n) is 4.65. The molecule has 7 heteroatoms. The van der Waals surface area contributed by atoms with Gasteiger partial charge in [0.25, 0.3) is 5.91 Å². The summed E-state index contributed by atoms with van der Waals surface area (Å²) in [5.74, 6) is 0.483. The van der Waals surface area contributed by atoms with Gasteiger partial charge in [0.1, 0.15) is 5.69 Å². The standard InChI is InChI=1S/C19H22N4OS2/c1-13-17(18(24)22-25-2)21-19(26-13)23(12-15-5-3-4-6-15)16-9-7-14(11-20)8-10-16/h7-10,15H,3-6,12H2,1-2H3,(H,22,24). The lowest BCUT2D eigenvalue weighted by Crippen LogP contribution is -2.24. The quantitative estimate of drug-likeness (QED) is 0.731. The number of thiazole rings is 1. The molecule has 1 N–H and O–H groups in total. The van der Waals surface area contributed by atoms with Gasteiger partial charge < -0.3 is 4.90 Å². The van der Waals surface area contributed by atoms with E-state index in [1.54, 1.807) is 11.3 Å². The van der Waals surface area contributed by atoms with Crippen molar-refractivity contribution in [3.63, 3.8) is 0 Å². The number of hydrogen-bond acceptors (Lipinski definition) is 6. The maximum atomic E-state index is 12.2. The van der Waals surface area contributed by atoms with Crippen LogP contribution >= 0.6 is 23.3 Å². The zero-order valence-corrected chi connectivity index (χ0v) is 16.6. The van der Waals surface area contributed by atoms with Gasteiger partial charge in [-0.1, -0.05) is 24.8 Å². The first-order chi connectivity index (χ1) is 12.6. The summed E-state index contributed by atoms with van der Waals surface area (Å²) >= 11 is 2.82. The third-order valence-corrected chi connectivity index (χ3v) is 6.03. The Morgan fingerprint density at radius 3 is 2.69 bits per heavy atom. The summed E-state index contributed by atoms with van der Waals surface area (Å²) in [5.41, 5.74) is 2.15. The number of hydrogen-bond donors (Lipinski definition) is 1. The van der Waals surface area contributed by atoms with Gasteiger partial charge in [-0.15, -0.1) is 11.3 Å². The first kappa shape index (κ1) is 18.7. The van der Waals surface area contributed by atoms with E-state index >= 15 is 0 Å². The smallest absolute Gasteiger partial charge is 0.280 e. The second kappa shape index (κ2) is 8.56. The number of carbonyl (C=O) groups excluding carboxylic acids is 1. The number of amides is 1. The van der Waals surface area contributed by atoms with Crippen molar-refractivity contribution in [2.45, 2.75) is 32.6 Å². The number of nitrogens with one attached hydrogen (secondary N) is 1. The second-order valence-corrected chi connectivity index (χ2v) is 8.25. The number of aryl methyl sites for hydroxylation is 1. The number of aromatic nitrogens is 1. The third kappa shape index (κ3) is 4.19. The van der Waals surface area contributed by atoms with E-state index in [0.29, 0.717) is 17.2 Å². The summed E-state index contributed by atoms with van der Waals surface area (Å²) in [6.07, 6.45) is 6.85. The predicted molar refractivity (Wildman–Crippen MR) is 108 cm³/mol. The molecule has 3 rings (SSSR count). The first-order valence-electron chi connectivity index (χ1n) is 8.71. The molecule has 0 atom stereocenters. The zero-order chi connectivity index (χ0) is 18.5. The fourth-order valence-electron chi connectivity index (χ4n) is 3.31. The van der Waals surface area contributed by atoms with Gasteiger partial charge in [-0.3, -0.25) is 9.52 Å². The zero-order valence-electron chi connectivity index (χ0n) is 15.0. The highest BCUT2D eigenvalue weighted by Gasteiger charge is 2.24. The molecule has 26 heavy (non-hydrogen) atoms. The van der Waals surface area contributed by atoms with Crippen molar-refractivity contribution < 1.29 is 4.79 Å². The monoisotopic (exact) mass is 386 g/mol. The fourth-order valence-corrected chi connectivity index (χ4v) is 4.53. The van der Waals surface area contributed by atoms with E-state index in [-0.39, 0.29) is 5.91 Å². The van der Waals surface area contributed by atoms with E-state index < -0.39 is 0 Å². The highest BCUT2D eigenvalue weighted by molar-refractivity contribution is 7.97. The highest BCUT2D eigenvalue weighted by atomic mass is 32.2. The fraction of sp³-hybridized carbons (Fsp3) is 0.421. The van der Waals surface area contributed by atoms with Gasteiger partial charge in [0.15, 0.2) is 5.13 Å². The van der Waals surface area contributed by atoms with Crippen LogP contribution in [0, 0.1) is 24.2 Å². The van der Waals surface area contributed by atoms with Crippen LogP contribution in [0.3, 0.4) is 0 Å². The minimum atomic E-state index is -0.154. The van der Waals surface area contributed by atoms with Crippen LogP contribution in [0.1, 0.15) is 46.6 Å². The Kier molecular flexibility index (Phi) is 6.17. The van der Waals surface area contributed by atoms with Gasteiger partial charge in [0.05, 0.1) is 11.6 Å². The van der Waals surface area contributed by atoms with Crippen molar-refractivity contribution in [3.05, 3.63) is 40.4 Å². The molecule has 1 aromatic heterocycles. The summed E-state index contributed by atoms with van der Waals surface area (Å²) in [7, 11) is 0. The molecule has 1 aliphatic rings. The Bertz CT molecular complexity index is 804. The highest BCUT2D eigenvalue weighted by Crippen LogP contribution is 2.35. The molecule has 136 valence electrons. The Morgan fingerprint density at radius 1 is 1.38 bits per heavy atom. The largest absolute Gasteiger partial charge is 0.318 e. The van der Waals surface area contributed by atoms with Gasteiger partial charge in [-0.05, 0) is 49.9 Å². The number of carbonyl (C=O) groups is 1. The van der Waals surface area contributed by atoms with Crippen LogP contribution < -0.4 is 9.62 Å². The lowest BCUT2D eigenvalue weighted by atomic mass is 10.1. The molecule has 0 unspecified atom stereocenters. The summed E-state index contributed by atoms with van der Waals surface area (Å²) in [4.78, 5) is 20.0. The number of anilines is 2. The van der Waals surface area contributed by atoms with Gasteiger partial charge in [0.2, 0.25) is 0 Å². The average Bonchev–Trinajstić information content (AvgIpc) is 3.29. The van der Waals surface area contributed by atoms with E-state index in [0.717, 1.165) is 22.2 Å². The van der Waals surface area contributed by atoms with Crippen molar-refractivity contribution in [2.75, 3.05) is 17.7 Å². The van der Waals surface area contributed by atoms with E-state index in [2.05, 4.69) is 20.7 Å². The molecule has 0 radical (unpaired) electrons. The second-order valence-electron chi connectivity index (χ2n) is 6.46. The first-order valence-corrected chi connectivity index (χ1v) is 10.7. The van der Waals surface area contributed by atoms with Crippen LogP contribution in [0.15, 0.2) is 24.3 Å². The molecule has 1 aromatic carbocycles. The van der Waals surface area contributed by atoms with Crippen molar-refractivity contribution in [1.82, 2.24) is 9.71 Å². The minimum absolute atomic E-state index is 0.154. The molecule has 0 saturated heterocycles. The van der Waals surface area contributed by atoms with Gasteiger partial charge in [-0.2, -0.15) is 5.26 Å². The van der Waals surface area contributed by atoms with Crippen LogP contribution in [0.25, 0.3) is 0 Å². The van der Waals surface area contributed by atoms with Gasteiger partial charge in [-0.25, -0.2) is 4.98 Å². The average molecular weight is 387 g/mol. The van der Waals surface area contributed by atoms with Gasteiger partial charge in [0, 0.05) is 23.4 Å². The van der Waals surface area contributed by atoms with E-state index in [9.17, 15) is 4.79 Å².